The van der Waals surface area contributed by atoms with Gasteiger partial charge in [0, 0.05) is 12.6 Å². The first-order chi connectivity index (χ1) is 7.79. The van der Waals surface area contributed by atoms with Crippen LogP contribution in [0.3, 0.4) is 0 Å². The molecule has 0 radical (unpaired) electrons. The number of nitrogens with one attached hydrogen (secondary N) is 1. The number of rotatable bonds is 2. The predicted molar refractivity (Wildman–Crippen MR) is 59.7 cm³/mol. The Hall–Kier alpha value is -1.30. The highest BCUT2D eigenvalue weighted by molar-refractivity contribution is 5.74. The van der Waals surface area contributed by atoms with Crippen molar-refractivity contribution in [2.24, 2.45) is 5.92 Å². The largest absolute Gasteiger partial charge is 0.481 e. The first-order valence-corrected chi connectivity index (χ1v) is 5.59. The van der Waals surface area contributed by atoms with Crippen molar-refractivity contribution in [2.45, 2.75) is 38.8 Å². The minimum atomic E-state index is -0.967. The Kier molecular flexibility index (Phi) is 4.34. The van der Waals surface area contributed by atoms with Crippen LogP contribution < -0.4 is 5.32 Å². The molecule has 0 aromatic rings. The second kappa shape index (κ2) is 5.35. The Morgan fingerprint density at radius 1 is 1.41 bits per heavy atom. The first kappa shape index (κ1) is 13.8. The van der Waals surface area contributed by atoms with Crippen LogP contribution in [0.5, 0.6) is 0 Å². The van der Waals surface area contributed by atoms with E-state index in [-0.39, 0.29) is 6.61 Å². The van der Waals surface area contributed by atoms with Gasteiger partial charge in [0.2, 0.25) is 0 Å². The van der Waals surface area contributed by atoms with E-state index in [4.69, 9.17) is 14.6 Å². The number of hydrogen-bond donors (Lipinski definition) is 2. The number of hydrogen-bond acceptors (Lipinski definition) is 4. The molecular weight excluding hydrogens is 226 g/mol. The van der Waals surface area contributed by atoms with Gasteiger partial charge in [0.1, 0.15) is 11.5 Å². The van der Waals surface area contributed by atoms with Gasteiger partial charge in [-0.15, -0.1) is 0 Å². The molecule has 0 bridgehead atoms. The van der Waals surface area contributed by atoms with Crippen LogP contribution in [-0.2, 0) is 14.3 Å². The van der Waals surface area contributed by atoms with Crippen molar-refractivity contribution in [2.75, 3.05) is 13.2 Å². The van der Waals surface area contributed by atoms with Crippen LogP contribution in [-0.4, -0.2) is 42.0 Å². The number of ether oxygens (including phenoxy) is 2. The molecule has 2 N–H and O–H groups in total. The molecule has 2 unspecified atom stereocenters. The van der Waals surface area contributed by atoms with E-state index in [0.29, 0.717) is 13.0 Å². The summed E-state index contributed by atoms with van der Waals surface area (Å²) in [7, 11) is 0. The summed E-state index contributed by atoms with van der Waals surface area (Å²) < 4.78 is 10.2. The molecule has 17 heavy (non-hydrogen) atoms. The van der Waals surface area contributed by atoms with Gasteiger partial charge in [-0.3, -0.25) is 4.79 Å². The quantitative estimate of drug-likeness (QED) is 0.758. The van der Waals surface area contributed by atoms with Crippen LogP contribution >= 0.6 is 0 Å². The van der Waals surface area contributed by atoms with E-state index in [2.05, 4.69) is 5.32 Å². The number of carbonyl (C=O) groups is 2. The molecule has 0 aliphatic carbocycles. The number of carboxylic acid groups (broad SMARTS) is 1. The lowest BCUT2D eigenvalue weighted by molar-refractivity contribution is -0.147. The standard InChI is InChI=1S/C11H19NO5/c1-11(2,3)17-10(15)12-8-4-5-16-6-7(8)9(13)14/h7-8H,4-6H2,1-3H3,(H,12,15)(H,13,14). The highest BCUT2D eigenvalue weighted by Crippen LogP contribution is 2.16. The van der Waals surface area contributed by atoms with Gasteiger partial charge < -0.3 is 19.9 Å². The minimum Gasteiger partial charge on any atom is -0.481 e. The lowest BCUT2D eigenvalue weighted by Gasteiger charge is -2.30. The van der Waals surface area contributed by atoms with Crippen molar-refractivity contribution in [3.05, 3.63) is 0 Å². The van der Waals surface area contributed by atoms with E-state index < -0.39 is 29.6 Å². The second-order valence-corrected chi connectivity index (χ2v) is 5.06. The number of amides is 1. The Bertz CT molecular complexity index is 297. The van der Waals surface area contributed by atoms with Crippen LogP contribution in [0.2, 0.25) is 0 Å². The lowest BCUT2D eigenvalue weighted by atomic mass is 9.96. The van der Waals surface area contributed by atoms with Crippen molar-refractivity contribution >= 4 is 12.1 Å². The fraction of sp³-hybridized carbons (Fsp3) is 0.818. The molecule has 6 heteroatoms. The van der Waals surface area contributed by atoms with E-state index in [0.717, 1.165) is 0 Å². The minimum absolute atomic E-state index is 0.121. The summed E-state index contributed by atoms with van der Waals surface area (Å²) >= 11 is 0. The molecule has 2 atom stereocenters. The Balaban J connectivity index is 2.53. The van der Waals surface area contributed by atoms with E-state index >= 15 is 0 Å². The topological polar surface area (TPSA) is 84.9 Å². The molecule has 1 aliphatic heterocycles. The summed E-state index contributed by atoms with van der Waals surface area (Å²) in [5.41, 5.74) is -0.589. The lowest BCUT2D eigenvalue weighted by Crippen LogP contribution is -2.49. The monoisotopic (exact) mass is 245 g/mol. The highest BCUT2D eigenvalue weighted by Gasteiger charge is 2.33. The summed E-state index contributed by atoms with van der Waals surface area (Å²) in [6.07, 6.45) is -0.105. The molecule has 1 fully saturated rings. The maximum atomic E-state index is 11.5. The molecule has 1 rings (SSSR count). The van der Waals surface area contributed by atoms with Gasteiger partial charge in [0.15, 0.2) is 0 Å². The third kappa shape index (κ3) is 4.60. The third-order valence-corrected chi connectivity index (χ3v) is 2.38. The first-order valence-electron chi connectivity index (χ1n) is 5.59. The second-order valence-electron chi connectivity index (χ2n) is 5.06. The van der Waals surface area contributed by atoms with Gasteiger partial charge in [-0.2, -0.15) is 0 Å². The molecular formula is C11H19NO5. The Labute approximate surface area is 100 Å². The SMILES string of the molecule is CC(C)(C)OC(=O)NC1CCOCC1C(=O)O. The molecule has 0 saturated carbocycles. The van der Waals surface area contributed by atoms with Crippen molar-refractivity contribution in [3.63, 3.8) is 0 Å². The Morgan fingerprint density at radius 3 is 2.59 bits per heavy atom. The highest BCUT2D eigenvalue weighted by atomic mass is 16.6. The smallest absolute Gasteiger partial charge is 0.407 e. The normalized spacial score (nSPS) is 25.1. The van der Waals surface area contributed by atoms with E-state index in [9.17, 15) is 9.59 Å². The summed E-state index contributed by atoms with van der Waals surface area (Å²) in [5, 5.41) is 11.6. The number of carboxylic acids is 1. The summed E-state index contributed by atoms with van der Waals surface area (Å²) in [5.74, 6) is -1.68. The number of aliphatic carboxylic acids is 1. The number of carbonyl (C=O) groups excluding carboxylic acids is 1. The van der Waals surface area contributed by atoms with Gasteiger partial charge in [0.25, 0.3) is 0 Å². The van der Waals surface area contributed by atoms with Gasteiger partial charge in [-0.05, 0) is 27.2 Å². The van der Waals surface area contributed by atoms with Crippen LogP contribution in [0.1, 0.15) is 27.2 Å². The summed E-state index contributed by atoms with van der Waals surface area (Å²) in [4.78, 5) is 22.5. The zero-order valence-corrected chi connectivity index (χ0v) is 10.4. The van der Waals surface area contributed by atoms with Crippen LogP contribution in [0.15, 0.2) is 0 Å². The van der Waals surface area contributed by atoms with Gasteiger partial charge >= 0.3 is 12.1 Å². The maximum absolute atomic E-state index is 11.5. The zero-order valence-electron chi connectivity index (χ0n) is 10.4. The van der Waals surface area contributed by atoms with Crippen LogP contribution in [0, 0.1) is 5.92 Å². The fourth-order valence-electron chi connectivity index (χ4n) is 1.61. The molecule has 6 nitrogen and oxygen atoms in total. The molecule has 1 saturated heterocycles. The molecule has 0 aromatic heterocycles. The molecule has 1 amide bonds. The average Bonchev–Trinajstić information content (AvgIpc) is 2.14. The van der Waals surface area contributed by atoms with Crippen molar-refractivity contribution < 1.29 is 24.2 Å². The van der Waals surface area contributed by atoms with E-state index in [1.807, 2.05) is 0 Å². The zero-order chi connectivity index (χ0) is 13.1. The van der Waals surface area contributed by atoms with Gasteiger partial charge in [0.05, 0.1) is 6.61 Å². The molecule has 98 valence electrons. The fourth-order valence-corrected chi connectivity index (χ4v) is 1.61. The summed E-state index contributed by atoms with van der Waals surface area (Å²) in [6, 6.07) is -0.434. The summed E-state index contributed by atoms with van der Waals surface area (Å²) in [6.45, 7) is 5.84. The molecule has 0 spiro atoms. The third-order valence-electron chi connectivity index (χ3n) is 2.38. The van der Waals surface area contributed by atoms with Crippen LogP contribution in [0.25, 0.3) is 0 Å². The van der Waals surface area contributed by atoms with Gasteiger partial charge in [-0.25, -0.2) is 4.79 Å². The molecule has 1 aliphatic rings. The molecule has 1 heterocycles. The van der Waals surface area contributed by atoms with E-state index in [1.54, 1.807) is 20.8 Å². The average molecular weight is 245 g/mol. The number of alkyl carbamates (subject to hydrolysis) is 1. The van der Waals surface area contributed by atoms with Crippen molar-refractivity contribution in [1.29, 1.82) is 0 Å². The van der Waals surface area contributed by atoms with Crippen molar-refractivity contribution in [3.8, 4) is 0 Å². The predicted octanol–water partition coefficient (Wildman–Crippen LogP) is 1.00. The Morgan fingerprint density at radius 2 is 2.06 bits per heavy atom. The van der Waals surface area contributed by atoms with Gasteiger partial charge in [-0.1, -0.05) is 0 Å². The van der Waals surface area contributed by atoms with Crippen LogP contribution in [0.4, 0.5) is 4.79 Å². The van der Waals surface area contributed by atoms with Crippen molar-refractivity contribution in [1.82, 2.24) is 5.32 Å². The molecule has 0 aromatic carbocycles. The maximum Gasteiger partial charge on any atom is 0.407 e. The van der Waals surface area contributed by atoms with E-state index in [1.165, 1.54) is 0 Å².